The molecule has 5 heteroatoms. The number of cyclic esters (lactones) is 1. The highest BCUT2D eigenvalue weighted by atomic mass is 16.5. The quantitative estimate of drug-likeness (QED) is 0.413. The van der Waals surface area contributed by atoms with Gasteiger partial charge in [-0.25, -0.2) is 4.79 Å². The first-order valence-corrected chi connectivity index (χ1v) is 11.7. The molecule has 33 heavy (non-hydrogen) atoms. The molecule has 1 aliphatic rings. The lowest BCUT2D eigenvalue weighted by Gasteiger charge is -2.24. The lowest BCUT2D eigenvalue weighted by molar-refractivity contribution is -0.140. The molecule has 0 aromatic rings. The molecule has 0 saturated carbocycles. The summed E-state index contributed by atoms with van der Waals surface area (Å²) in [6, 6.07) is 0. The summed E-state index contributed by atoms with van der Waals surface area (Å²) < 4.78 is 5.53. The molecular weight excluding hydrogens is 416 g/mol. The minimum atomic E-state index is -1.30. The zero-order chi connectivity index (χ0) is 24.6. The van der Waals surface area contributed by atoms with Crippen LogP contribution >= 0.6 is 0 Å². The summed E-state index contributed by atoms with van der Waals surface area (Å²) >= 11 is 0. The van der Waals surface area contributed by atoms with Gasteiger partial charge in [0.25, 0.3) is 0 Å². The van der Waals surface area contributed by atoms with Crippen molar-refractivity contribution in [3.8, 4) is 0 Å². The Hall–Kier alpha value is -2.47. The Morgan fingerprint density at radius 3 is 2.45 bits per heavy atom. The van der Waals surface area contributed by atoms with Crippen molar-refractivity contribution in [2.24, 2.45) is 11.8 Å². The van der Waals surface area contributed by atoms with Crippen molar-refractivity contribution in [2.45, 2.75) is 71.4 Å². The van der Waals surface area contributed by atoms with Crippen LogP contribution in [0.5, 0.6) is 0 Å². The lowest BCUT2D eigenvalue weighted by atomic mass is 9.94. The van der Waals surface area contributed by atoms with Gasteiger partial charge in [0.05, 0.1) is 6.10 Å². The van der Waals surface area contributed by atoms with E-state index in [0.717, 1.165) is 18.4 Å². The summed E-state index contributed by atoms with van der Waals surface area (Å²) in [5.74, 6) is -0.442. The first-order valence-electron chi connectivity index (χ1n) is 11.7. The number of carbonyl (C=O) groups is 1. The summed E-state index contributed by atoms with van der Waals surface area (Å²) in [6.07, 6.45) is 21.4. The van der Waals surface area contributed by atoms with Gasteiger partial charge in [-0.1, -0.05) is 93.2 Å². The molecule has 0 saturated heterocycles. The van der Waals surface area contributed by atoms with E-state index in [1.165, 1.54) is 12.2 Å². The van der Waals surface area contributed by atoms with Crippen LogP contribution in [-0.4, -0.2) is 45.7 Å². The fourth-order valence-electron chi connectivity index (χ4n) is 3.09. The predicted molar refractivity (Wildman–Crippen MR) is 134 cm³/mol. The monoisotopic (exact) mass is 456 g/mol. The second-order valence-corrected chi connectivity index (χ2v) is 8.46. The van der Waals surface area contributed by atoms with E-state index in [2.05, 4.69) is 13.0 Å². The van der Waals surface area contributed by atoms with Crippen LogP contribution in [0.2, 0.25) is 0 Å². The minimum absolute atomic E-state index is 0.276. The Morgan fingerprint density at radius 1 is 0.970 bits per heavy atom. The molecule has 0 aromatic heterocycles. The molecule has 1 aliphatic heterocycles. The number of hydrogen-bond donors (Lipinski definition) is 3. The van der Waals surface area contributed by atoms with Gasteiger partial charge in [0.15, 0.2) is 0 Å². The van der Waals surface area contributed by atoms with E-state index in [1.807, 2.05) is 63.3 Å². The Kier molecular flexibility index (Phi) is 14.0. The average Bonchev–Trinajstić information content (AvgIpc) is 2.78. The fraction of sp³-hybridized carbons (Fsp3) is 0.464. The molecule has 3 N–H and O–H groups in total. The van der Waals surface area contributed by atoms with Gasteiger partial charge in [0.1, 0.15) is 18.3 Å². The van der Waals surface area contributed by atoms with Gasteiger partial charge in [0, 0.05) is 18.4 Å². The van der Waals surface area contributed by atoms with Crippen LogP contribution in [-0.2, 0) is 9.53 Å². The van der Waals surface area contributed by atoms with E-state index in [0.29, 0.717) is 6.42 Å². The van der Waals surface area contributed by atoms with Crippen molar-refractivity contribution < 1.29 is 24.9 Å². The van der Waals surface area contributed by atoms with Gasteiger partial charge in [-0.05, 0) is 31.8 Å². The Bertz CT molecular complexity index is 784. The highest BCUT2D eigenvalue weighted by Crippen LogP contribution is 2.15. The number of esters is 1. The van der Waals surface area contributed by atoms with E-state index in [1.54, 1.807) is 18.2 Å². The van der Waals surface area contributed by atoms with E-state index in [-0.39, 0.29) is 11.8 Å². The molecule has 0 amide bonds. The zero-order valence-corrected chi connectivity index (χ0v) is 20.2. The maximum absolute atomic E-state index is 12.2. The number of allylic oxidation sites excluding steroid dienone is 9. The molecule has 0 aliphatic carbocycles. The third kappa shape index (κ3) is 12.4. The molecular formula is C28H40O5. The number of ether oxygens (including phenoxy) is 1. The number of carbonyl (C=O) groups excluding carboxylic acids is 1. The summed E-state index contributed by atoms with van der Waals surface area (Å²) in [7, 11) is 0. The molecule has 0 bridgehead atoms. The summed E-state index contributed by atoms with van der Waals surface area (Å²) in [5.41, 5.74) is 0.933. The van der Waals surface area contributed by atoms with E-state index >= 15 is 0 Å². The highest BCUT2D eigenvalue weighted by molar-refractivity contribution is 5.82. The topological polar surface area (TPSA) is 87.0 Å². The molecule has 0 fully saturated rings. The maximum Gasteiger partial charge on any atom is 0.331 e. The van der Waals surface area contributed by atoms with E-state index in [9.17, 15) is 20.1 Å². The number of aliphatic hydroxyl groups excluding tert-OH is 3. The molecule has 182 valence electrons. The Balaban J connectivity index is 3.06. The van der Waals surface area contributed by atoms with Crippen molar-refractivity contribution in [1.29, 1.82) is 0 Å². The van der Waals surface area contributed by atoms with Crippen LogP contribution in [0.4, 0.5) is 0 Å². The summed E-state index contributed by atoms with van der Waals surface area (Å²) in [6.45, 7) is 7.82. The van der Waals surface area contributed by atoms with E-state index in [4.69, 9.17) is 4.74 Å². The van der Waals surface area contributed by atoms with Gasteiger partial charge in [0.2, 0.25) is 0 Å². The van der Waals surface area contributed by atoms with Crippen molar-refractivity contribution >= 4 is 5.97 Å². The van der Waals surface area contributed by atoms with Crippen LogP contribution in [0, 0.1) is 11.8 Å². The molecule has 0 unspecified atom stereocenters. The van der Waals surface area contributed by atoms with Crippen molar-refractivity contribution in [1.82, 2.24) is 0 Å². The summed E-state index contributed by atoms with van der Waals surface area (Å²) in [5, 5.41) is 30.8. The van der Waals surface area contributed by atoms with Gasteiger partial charge < -0.3 is 20.1 Å². The first kappa shape index (κ1) is 28.6. The fourth-order valence-corrected chi connectivity index (χ4v) is 3.09. The molecule has 5 nitrogen and oxygen atoms in total. The van der Waals surface area contributed by atoms with E-state index < -0.39 is 30.4 Å². The number of rotatable bonds is 2. The Labute approximate surface area is 198 Å². The van der Waals surface area contributed by atoms with Crippen molar-refractivity contribution in [3.63, 3.8) is 0 Å². The van der Waals surface area contributed by atoms with Gasteiger partial charge >= 0.3 is 5.97 Å². The minimum Gasteiger partial charge on any atom is -0.455 e. The third-order valence-corrected chi connectivity index (χ3v) is 5.24. The SMILES string of the molecule is CC/C=C/[C@H]1C/C=C/C=C[C@H](O)[C@@H](O)[C@@H](O)[C@@H](C)/C=C/C[C@@H](C)/C=C/C=C(C)/C=C/C(=O)O1. The molecule has 0 radical (unpaired) electrons. The molecule has 0 aromatic carbocycles. The lowest BCUT2D eigenvalue weighted by Crippen LogP contribution is -2.39. The normalized spacial score (nSPS) is 36.6. The summed E-state index contributed by atoms with van der Waals surface area (Å²) in [4.78, 5) is 12.2. The van der Waals surface area contributed by atoms with Crippen LogP contribution in [0.15, 0.2) is 84.6 Å². The largest absolute Gasteiger partial charge is 0.455 e. The zero-order valence-electron chi connectivity index (χ0n) is 20.2. The van der Waals surface area contributed by atoms with Crippen molar-refractivity contribution in [3.05, 3.63) is 84.6 Å². The van der Waals surface area contributed by atoms with Gasteiger partial charge in [-0.3, -0.25) is 0 Å². The number of aliphatic hydroxyl groups is 3. The van der Waals surface area contributed by atoms with Crippen LogP contribution in [0.1, 0.15) is 47.0 Å². The second kappa shape index (κ2) is 16.2. The smallest absolute Gasteiger partial charge is 0.331 e. The maximum atomic E-state index is 12.2. The molecule has 0 spiro atoms. The molecule has 6 atom stereocenters. The average molecular weight is 457 g/mol. The second-order valence-electron chi connectivity index (χ2n) is 8.46. The first-order chi connectivity index (χ1) is 15.7. The standard InChI is InChI=1S/C28H40O5/c1-5-6-16-24-17-8-7-9-18-25(29)28(32)27(31)23(4)15-11-14-21(2)12-10-13-22(3)19-20-26(30)33-24/h6-13,15-16,18-21,23-25,27-29,31-32H,5,14,17H2,1-4H3/b8-7+,12-10+,15-11+,16-6+,18-9?,20-19+,22-13+/t21-,23-,24-,25-,27-,28+/m0/s1. The van der Waals surface area contributed by atoms with Crippen LogP contribution < -0.4 is 0 Å². The van der Waals surface area contributed by atoms with Gasteiger partial charge in [-0.2, -0.15) is 0 Å². The molecule has 1 heterocycles. The van der Waals surface area contributed by atoms with Crippen LogP contribution in [0.3, 0.4) is 0 Å². The molecule has 1 rings (SSSR count). The third-order valence-electron chi connectivity index (χ3n) is 5.24. The van der Waals surface area contributed by atoms with Crippen LogP contribution in [0.25, 0.3) is 0 Å². The predicted octanol–water partition coefficient (Wildman–Crippen LogP) is 4.74. The highest BCUT2D eigenvalue weighted by Gasteiger charge is 2.26. The van der Waals surface area contributed by atoms with Gasteiger partial charge in [-0.15, -0.1) is 0 Å². The van der Waals surface area contributed by atoms with Crippen molar-refractivity contribution in [2.75, 3.05) is 0 Å². The number of hydrogen-bond acceptors (Lipinski definition) is 5. The Morgan fingerprint density at radius 2 is 1.73 bits per heavy atom.